The van der Waals surface area contributed by atoms with Gasteiger partial charge >= 0.3 is 0 Å². The average Bonchev–Trinajstić information content (AvgIpc) is 2.69. The molecule has 1 saturated heterocycles. The number of sulfonamides is 1. The van der Waals surface area contributed by atoms with Gasteiger partial charge in [-0.05, 0) is 37.1 Å². The normalized spacial score (nSPS) is 18.3. The molecule has 7 heteroatoms. The summed E-state index contributed by atoms with van der Waals surface area (Å²) in [4.78, 5) is 12.9. The van der Waals surface area contributed by atoms with Crippen LogP contribution >= 0.6 is 0 Å². The summed E-state index contributed by atoms with van der Waals surface area (Å²) in [6.45, 7) is 0.618. The minimum atomic E-state index is -3.58. The van der Waals surface area contributed by atoms with Crippen molar-refractivity contribution in [1.29, 1.82) is 0 Å². The first-order valence-electron chi connectivity index (χ1n) is 8.51. The van der Waals surface area contributed by atoms with Gasteiger partial charge in [-0.2, -0.15) is 4.31 Å². The van der Waals surface area contributed by atoms with Gasteiger partial charge in [-0.1, -0.05) is 24.3 Å². The molecule has 1 aliphatic rings. The molecule has 0 bridgehead atoms. The molecule has 1 aliphatic heterocycles. The van der Waals surface area contributed by atoms with Crippen molar-refractivity contribution in [2.75, 3.05) is 25.5 Å². The molecule has 138 valence electrons. The monoisotopic (exact) mass is 374 g/mol. The van der Waals surface area contributed by atoms with Crippen molar-refractivity contribution in [3.63, 3.8) is 0 Å². The maximum Gasteiger partial charge on any atom is 0.243 e. The molecule has 0 aromatic heterocycles. The first-order chi connectivity index (χ1) is 12.5. The lowest BCUT2D eigenvalue weighted by Crippen LogP contribution is -2.43. The van der Waals surface area contributed by atoms with Crippen molar-refractivity contribution < 1.29 is 17.9 Å². The Morgan fingerprint density at radius 1 is 1.15 bits per heavy atom. The molecule has 1 atom stereocenters. The van der Waals surface area contributed by atoms with Gasteiger partial charge in [0.05, 0.1) is 17.9 Å². The summed E-state index contributed by atoms with van der Waals surface area (Å²) in [5.41, 5.74) is 0.636. The number of nitrogens with one attached hydrogen (secondary N) is 1. The van der Waals surface area contributed by atoms with Crippen LogP contribution in [0.2, 0.25) is 0 Å². The van der Waals surface area contributed by atoms with Crippen LogP contribution in [-0.4, -0.2) is 38.8 Å². The van der Waals surface area contributed by atoms with Gasteiger partial charge in [0.15, 0.2) is 0 Å². The fourth-order valence-corrected chi connectivity index (χ4v) is 4.61. The molecule has 0 saturated carbocycles. The van der Waals surface area contributed by atoms with E-state index in [9.17, 15) is 13.2 Å². The number of anilines is 1. The standard InChI is InChI=1S/C19H22N2O4S/c1-25-17-9-5-8-16(13-17)20-19(22)15-7-6-12-21(14-15)26(23,24)18-10-3-2-4-11-18/h2-5,8-11,13,15H,6-7,12,14H2,1H3,(H,20,22)/t15-/m0/s1. The Morgan fingerprint density at radius 3 is 2.65 bits per heavy atom. The SMILES string of the molecule is COc1cccc(NC(=O)[C@H]2CCCN(S(=O)(=O)c3ccccc3)C2)c1. The molecule has 0 unspecified atom stereocenters. The van der Waals surface area contributed by atoms with Crippen molar-refractivity contribution in [2.24, 2.45) is 5.92 Å². The van der Waals surface area contributed by atoms with Crippen molar-refractivity contribution >= 4 is 21.6 Å². The Hall–Kier alpha value is -2.38. The lowest BCUT2D eigenvalue weighted by molar-refractivity contribution is -0.120. The zero-order chi connectivity index (χ0) is 18.6. The van der Waals surface area contributed by atoms with Crippen LogP contribution in [-0.2, 0) is 14.8 Å². The van der Waals surface area contributed by atoms with E-state index in [1.54, 1.807) is 61.7 Å². The van der Waals surface area contributed by atoms with Crippen molar-refractivity contribution in [3.05, 3.63) is 54.6 Å². The van der Waals surface area contributed by atoms with Gasteiger partial charge in [-0.15, -0.1) is 0 Å². The molecule has 2 aromatic rings. The number of nitrogens with zero attached hydrogens (tertiary/aromatic N) is 1. The van der Waals surface area contributed by atoms with E-state index < -0.39 is 10.0 Å². The smallest absolute Gasteiger partial charge is 0.243 e. The summed E-state index contributed by atoms with van der Waals surface area (Å²) in [5, 5.41) is 2.86. The summed E-state index contributed by atoms with van der Waals surface area (Å²) >= 11 is 0. The lowest BCUT2D eigenvalue weighted by atomic mass is 9.98. The van der Waals surface area contributed by atoms with Crippen LogP contribution in [0.3, 0.4) is 0 Å². The third-order valence-corrected chi connectivity index (χ3v) is 6.35. The topological polar surface area (TPSA) is 75.7 Å². The maximum atomic E-state index is 12.8. The number of methoxy groups -OCH3 is 1. The van der Waals surface area contributed by atoms with Gasteiger partial charge in [0.2, 0.25) is 15.9 Å². The van der Waals surface area contributed by atoms with E-state index in [1.165, 1.54) is 4.31 Å². The third-order valence-electron chi connectivity index (χ3n) is 4.47. The highest BCUT2D eigenvalue weighted by atomic mass is 32.2. The van der Waals surface area contributed by atoms with Gasteiger partial charge in [0.25, 0.3) is 0 Å². The highest BCUT2D eigenvalue weighted by Gasteiger charge is 2.33. The predicted octanol–water partition coefficient (Wildman–Crippen LogP) is 2.73. The molecule has 26 heavy (non-hydrogen) atoms. The van der Waals surface area contributed by atoms with Crippen molar-refractivity contribution in [3.8, 4) is 5.75 Å². The fourth-order valence-electron chi connectivity index (χ4n) is 3.06. The third kappa shape index (κ3) is 4.05. The average molecular weight is 374 g/mol. The lowest BCUT2D eigenvalue weighted by Gasteiger charge is -2.31. The number of hydrogen-bond acceptors (Lipinski definition) is 4. The van der Waals surface area contributed by atoms with E-state index in [0.29, 0.717) is 30.8 Å². The first-order valence-corrected chi connectivity index (χ1v) is 9.95. The Kier molecular flexibility index (Phi) is 5.58. The second kappa shape index (κ2) is 7.88. The number of hydrogen-bond donors (Lipinski definition) is 1. The van der Waals surface area contributed by atoms with Gasteiger partial charge in [-0.25, -0.2) is 8.42 Å². The van der Waals surface area contributed by atoms with E-state index >= 15 is 0 Å². The predicted molar refractivity (Wildman–Crippen MR) is 99.5 cm³/mol. The highest BCUT2D eigenvalue weighted by molar-refractivity contribution is 7.89. The zero-order valence-corrected chi connectivity index (χ0v) is 15.4. The minimum absolute atomic E-state index is 0.175. The number of carbonyl (C=O) groups excluding carboxylic acids is 1. The molecular weight excluding hydrogens is 352 g/mol. The van der Waals surface area contributed by atoms with Gasteiger partial charge in [0.1, 0.15) is 5.75 Å². The Labute approximate surface area is 153 Å². The van der Waals surface area contributed by atoms with Crippen LogP contribution in [0, 0.1) is 5.92 Å². The van der Waals surface area contributed by atoms with Crippen LogP contribution < -0.4 is 10.1 Å². The Balaban J connectivity index is 1.71. The molecule has 1 heterocycles. The first kappa shape index (κ1) is 18.4. The molecule has 1 amide bonds. The number of carbonyl (C=O) groups is 1. The molecule has 3 rings (SSSR count). The van der Waals surface area contributed by atoms with E-state index in [-0.39, 0.29) is 23.3 Å². The van der Waals surface area contributed by atoms with Crippen LogP contribution in [0.5, 0.6) is 5.75 Å². The Bertz CT molecular complexity index is 868. The number of piperidine rings is 1. The zero-order valence-electron chi connectivity index (χ0n) is 14.6. The largest absolute Gasteiger partial charge is 0.497 e. The molecule has 1 fully saturated rings. The summed E-state index contributed by atoms with van der Waals surface area (Å²) in [6.07, 6.45) is 1.32. The summed E-state index contributed by atoms with van der Waals surface area (Å²) < 4.78 is 32.1. The number of benzene rings is 2. The molecule has 0 spiro atoms. The summed E-state index contributed by atoms with van der Waals surface area (Å²) in [6, 6.07) is 15.4. The Morgan fingerprint density at radius 2 is 1.92 bits per heavy atom. The number of amides is 1. The van der Waals surface area contributed by atoms with Crippen LogP contribution in [0.25, 0.3) is 0 Å². The van der Waals surface area contributed by atoms with Gasteiger partial charge < -0.3 is 10.1 Å². The van der Waals surface area contributed by atoms with Gasteiger partial charge in [0, 0.05) is 24.8 Å². The van der Waals surface area contributed by atoms with Crippen LogP contribution in [0.1, 0.15) is 12.8 Å². The van der Waals surface area contributed by atoms with Crippen LogP contribution in [0.4, 0.5) is 5.69 Å². The van der Waals surface area contributed by atoms with Crippen molar-refractivity contribution in [1.82, 2.24) is 4.31 Å². The molecule has 6 nitrogen and oxygen atoms in total. The van der Waals surface area contributed by atoms with Crippen LogP contribution in [0.15, 0.2) is 59.5 Å². The second-order valence-electron chi connectivity index (χ2n) is 6.24. The van der Waals surface area contributed by atoms with E-state index in [4.69, 9.17) is 4.74 Å². The molecule has 0 radical (unpaired) electrons. The van der Waals surface area contributed by atoms with Gasteiger partial charge in [-0.3, -0.25) is 4.79 Å². The van der Waals surface area contributed by atoms with Crippen molar-refractivity contribution in [2.45, 2.75) is 17.7 Å². The highest BCUT2D eigenvalue weighted by Crippen LogP contribution is 2.25. The van der Waals surface area contributed by atoms with E-state index in [1.807, 2.05) is 0 Å². The second-order valence-corrected chi connectivity index (χ2v) is 8.17. The summed E-state index contributed by atoms with van der Waals surface area (Å²) in [7, 11) is -2.01. The molecule has 2 aromatic carbocycles. The molecule has 0 aliphatic carbocycles. The quantitative estimate of drug-likeness (QED) is 0.873. The summed E-state index contributed by atoms with van der Waals surface area (Å²) in [5.74, 6) is 0.0966. The van der Waals surface area contributed by atoms with E-state index in [2.05, 4.69) is 5.32 Å². The molecular formula is C19H22N2O4S. The van der Waals surface area contributed by atoms with E-state index in [0.717, 1.165) is 0 Å². The fraction of sp³-hybridized carbons (Fsp3) is 0.316. The number of ether oxygens (including phenoxy) is 1. The molecule has 1 N–H and O–H groups in total. The maximum absolute atomic E-state index is 12.8. The number of rotatable bonds is 5. The minimum Gasteiger partial charge on any atom is -0.497 e.